The maximum absolute atomic E-state index is 12.8. The first-order valence-electron chi connectivity index (χ1n) is 8.90. The number of anilines is 1. The highest BCUT2D eigenvalue weighted by molar-refractivity contribution is 6.07. The number of rotatable bonds is 8. The zero-order valence-corrected chi connectivity index (χ0v) is 16.5. The number of ether oxygens (including phenoxy) is 1. The van der Waals surface area contributed by atoms with Gasteiger partial charge in [0.15, 0.2) is 5.78 Å². The predicted octanol–water partition coefficient (Wildman–Crippen LogP) is 3.69. The second kappa shape index (κ2) is 7.91. The van der Waals surface area contributed by atoms with E-state index in [1.807, 2.05) is 51.9 Å². The summed E-state index contributed by atoms with van der Waals surface area (Å²) in [5.74, 6) is 0.545. The van der Waals surface area contributed by atoms with E-state index in [1.165, 1.54) is 6.92 Å². The third kappa shape index (κ3) is 4.64. The molecule has 6 heteroatoms. The number of carbonyl (C=O) groups is 2. The Bertz CT molecular complexity index is 806. The van der Waals surface area contributed by atoms with E-state index in [0.717, 1.165) is 23.9 Å². The van der Waals surface area contributed by atoms with Crippen molar-refractivity contribution in [2.24, 2.45) is 5.41 Å². The summed E-state index contributed by atoms with van der Waals surface area (Å²) in [4.78, 5) is 29.6. The minimum atomic E-state index is -0.444. The lowest BCUT2D eigenvalue weighted by Crippen LogP contribution is -2.23. The fourth-order valence-electron chi connectivity index (χ4n) is 2.58. The molecular weight excluding hydrogens is 330 g/mol. The minimum absolute atomic E-state index is 0.0556. The number of carbonyl (C=O) groups excluding carboxylic acids is 2. The van der Waals surface area contributed by atoms with Gasteiger partial charge in [0.05, 0.1) is 16.9 Å². The maximum atomic E-state index is 12.8. The van der Waals surface area contributed by atoms with Crippen molar-refractivity contribution in [3.05, 3.63) is 23.9 Å². The van der Waals surface area contributed by atoms with Gasteiger partial charge in [-0.25, -0.2) is 0 Å². The summed E-state index contributed by atoms with van der Waals surface area (Å²) in [5.41, 5.74) is 1.45. The molecule has 1 heterocycles. The predicted molar refractivity (Wildman–Crippen MR) is 105 cm³/mol. The summed E-state index contributed by atoms with van der Waals surface area (Å²) in [6.45, 7) is 8.66. The van der Waals surface area contributed by atoms with Crippen LogP contribution in [-0.4, -0.2) is 48.8 Å². The van der Waals surface area contributed by atoms with Gasteiger partial charge in [0, 0.05) is 30.3 Å². The van der Waals surface area contributed by atoms with Gasteiger partial charge in [0.25, 0.3) is 0 Å². The van der Waals surface area contributed by atoms with Gasteiger partial charge in [0.2, 0.25) is 5.91 Å². The van der Waals surface area contributed by atoms with Crippen LogP contribution in [0.15, 0.2) is 18.2 Å². The molecule has 0 aliphatic carbocycles. The first kappa shape index (κ1) is 20.0. The maximum Gasteiger partial charge on any atom is 0.221 e. The van der Waals surface area contributed by atoms with Gasteiger partial charge in [-0.2, -0.15) is 0 Å². The minimum Gasteiger partial charge on any atom is -0.492 e. The molecule has 0 saturated carbocycles. The molecule has 2 rings (SSSR count). The molecule has 1 aromatic heterocycles. The van der Waals surface area contributed by atoms with Crippen molar-refractivity contribution in [2.45, 2.75) is 34.1 Å². The second-order valence-electron chi connectivity index (χ2n) is 7.52. The van der Waals surface area contributed by atoms with Crippen molar-refractivity contribution in [1.82, 2.24) is 9.88 Å². The van der Waals surface area contributed by atoms with Gasteiger partial charge in [-0.15, -0.1) is 0 Å². The number of fused-ring (bicyclic) bond motifs is 1. The van der Waals surface area contributed by atoms with E-state index < -0.39 is 5.41 Å². The fraction of sp³-hybridized carbons (Fsp3) is 0.500. The third-order valence-electron chi connectivity index (χ3n) is 4.56. The Hall–Kier alpha value is -2.34. The van der Waals surface area contributed by atoms with E-state index in [4.69, 9.17) is 4.74 Å². The Morgan fingerprint density at radius 1 is 1.23 bits per heavy atom. The number of aromatic amines is 1. The Morgan fingerprint density at radius 3 is 2.50 bits per heavy atom. The first-order valence-corrected chi connectivity index (χ1v) is 8.90. The average molecular weight is 359 g/mol. The highest BCUT2D eigenvalue weighted by Crippen LogP contribution is 2.32. The number of ketones is 1. The van der Waals surface area contributed by atoms with Crippen molar-refractivity contribution in [1.29, 1.82) is 0 Å². The van der Waals surface area contributed by atoms with Crippen LogP contribution in [0.3, 0.4) is 0 Å². The molecule has 2 aromatic rings. The molecule has 0 fully saturated rings. The average Bonchev–Trinajstić information content (AvgIpc) is 2.97. The lowest BCUT2D eigenvalue weighted by molar-refractivity contribution is -0.114. The summed E-state index contributed by atoms with van der Waals surface area (Å²) < 4.78 is 5.81. The van der Waals surface area contributed by atoms with Crippen LogP contribution in [0.5, 0.6) is 5.75 Å². The number of benzene rings is 1. The highest BCUT2D eigenvalue weighted by atomic mass is 16.5. The van der Waals surface area contributed by atoms with Crippen LogP contribution in [0.25, 0.3) is 10.9 Å². The molecule has 0 spiro atoms. The molecule has 0 atom stereocenters. The number of H-pyrrole nitrogens is 1. The van der Waals surface area contributed by atoms with Crippen LogP contribution in [-0.2, 0) is 4.79 Å². The third-order valence-corrected chi connectivity index (χ3v) is 4.56. The summed E-state index contributed by atoms with van der Waals surface area (Å²) in [5, 5.41) is 3.66. The first-order chi connectivity index (χ1) is 12.1. The molecular formula is C20H29N3O3. The van der Waals surface area contributed by atoms with Crippen LogP contribution in [0.4, 0.5) is 5.69 Å². The standard InChI is InChI=1S/C20H29N3O3/c1-7-20(3,4)19(25)17-11-14-10-15(26-9-8-23(5)6)12-16(18(14)22-17)21-13(2)24/h10-12,22H,7-9H2,1-6H3,(H,21,24). The van der Waals surface area contributed by atoms with Gasteiger partial charge in [0.1, 0.15) is 12.4 Å². The molecule has 0 unspecified atom stereocenters. The smallest absolute Gasteiger partial charge is 0.221 e. The molecule has 0 bridgehead atoms. The van der Waals surface area contributed by atoms with Crippen LogP contribution >= 0.6 is 0 Å². The molecule has 142 valence electrons. The lowest BCUT2D eigenvalue weighted by Gasteiger charge is -2.19. The molecule has 0 saturated heterocycles. The summed E-state index contributed by atoms with van der Waals surface area (Å²) in [6, 6.07) is 5.51. The molecule has 6 nitrogen and oxygen atoms in total. The van der Waals surface area contributed by atoms with E-state index in [-0.39, 0.29) is 11.7 Å². The van der Waals surface area contributed by atoms with E-state index in [0.29, 0.717) is 23.7 Å². The van der Waals surface area contributed by atoms with Gasteiger partial charge in [-0.1, -0.05) is 20.8 Å². The summed E-state index contributed by atoms with van der Waals surface area (Å²) >= 11 is 0. The van der Waals surface area contributed by atoms with Crippen molar-refractivity contribution in [2.75, 3.05) is 32.6 Å². The Kier molecular flexibility index (Phi) is 6.08. The van der Waals surface area contributed by atoms with Crippen molar-refractivity contribution in [3.63, 3.8) is 0 Å². The summed E-state index contributed by atoms with van der Waals surface area (Å²) in [7, 11) is 3.96. The zero-order valence-electron chi connectivity index (χ0n) is 16.5. The largest absolute Gasteiger partial charge is 0.492 e. The monoisotopic (exact) mass is 359 g/mol. The number of nitrogens with one attached hydrogen (secondary N) is 2. The van der Waals surface area contributed by atoms with Gasteiger partial charge < -0.3 is 19.9 Å². The molecule has 2 N–H and O–H groups in total. The van der Waals surface area contributed by atoms with E-state index in [9.17, 15) is 9.59 Å². The number of amides is 1. The summed E-state index contributed by atoms with van der Waals surface area (Å²) in [6.07, 6.45) is 0.749. The number of Topliss-reactive ketones (excluding diaryl/α,β-unsaturated/α-hetero) is 1. The molecule has 26 heavy (non-hydrogen) atoms. The van der Waals surface area contributed by atoms with Crippen LogP contribution in [0.1, 0.15) is 44.6 Å². The van der Waals surface area contributed by atoms with Crippen molar-refractivity contribution in [3.8, 4) is 5.75 Å². The topological polar surface area (TPSA) is 74.4 Å². The van der Waals surface area contributed by atoms with E-state index in [2.05, 4.69) is 10.3 Å². The molecule has 1 amide bonds. The van der Waals surface area contributed by atoms with Gasteiger partial charge >= 0.3 is 0 Å². The molecule has 0 aliphatic heterocycles. The van der Waals surface area contributed by atoms with Gasteiger partial charge in [-0.05, 0) is 32.6 Å². The fourth-order valence-corrected chi connectivity index (χ4v) is 2.58. The molecule has 1 aromatic carbocycles. The molecule has 0 aliphatic rings. The quantitative estimate of drug-likeness (QED) is 0.705. The van der Waals surface area contributed by atoms with Gasteiger partial charge in [-0.3, -0.25) is 9.59 Å². The second-order valence-corrected chi connectivity index (χ2v) is 7.52. The Labute approximate surface area is 154 Å². The number of hydrogen-bond acceptors (Lipinski definition) is 4. The van der Waals surface area contributed by atoms with Crippen LogP contribution < -0.4 is 10.1 Å². The van der Waals surface area contributed by atoms with E-state index in [1.54, 1.807) is 6.07 Å². The molecule has 0 radical (unpaired) electrons. The van der Waals surface area contributed by atoms with Crippen molar-refractivity contribution >= 4 is 28.3 Å². The highest BCUT2D eigenvalue weighted by Gasteiger charge is 2.28. The zero-order chi connectivity index (χ0) is 19.5. The van der Waals surface area contributed by atoms with Crippen LogP contribution in [0.2, 0.25) is 0 Å². The van der Waals surface area contributed by atoms with E-state index >= 15 is 0 Å². The number of nitrogens with zero attached hydrogens (tertiary/aromatic N) is 1. The SMILES string of the molecule is CCC(C)(C)C(=O)c1cc2cc(OCCN(C)C)cc(NC(C)=O)c2[nH]1. The number of hydrogen-bond donors (Lipinski definition) is 2. The van der Waals surface area contributed by atoms with Crippen LogP contribution in [0, 0.1) is 5.41 Å². The normalized spacial score (nSPS) is 11.8. The number of aromatic nitrogens is 1. The Balaban J connectivity index is 2.43. The Morgan fingerprint density at radius 2 is 1.92 bits per heavy atom. The number of likely N-dealkylation sites (N-methyl/N-ethyl adjacent to an activating group) is 1. The lowest BCUT2D eigenvalue weighted by atomic mass is 9.84. The van der Waals surface area contributed by atoms with Crippen molar-refractivity contribution < 1.29 is 14.3 Å².